The molecule has 0 rings (SSSR count). The molecule has 0 amide bonds. The minimum Gasteiger partial charge on any atom is -0.310 e. The Morgan fingerprint density at radius 2 is 1.58 bits per heavy atom. The Labute approximate surface area is 81.7 Å². The first-order valence-corrected chi connectivity index (χ1v) is 6.38. The van der Waals surface area contributed by atoms with E-state index in [4.69, 9.17) is 0 Å². The summed E-state index contributed by atoms with van der Waals surface area (Å²) in [6.07, 6.45) is 5.89. The van der Waals surface area contributed by atoms with E-state index in [-0.39, 0.29) is 0 Å². The third-order valence-electron chi connectivity index (χ3n) is 2.84. The highest BCUT2D eigenvalue weighted by molar-refractivity contribution is 7.98. The van der Waals surface area contributed by atoms with Gasteiger partial charge in [-0.3, -0.25) is 0 Å². The molecule has 0 aromatic rings. The van der Waals surface area contributed by atoms with Crippen LogP contribution in [0.5, 0.6) is 0 Å². The predicted molar refractivity (Wildman–Crippen MR) is 60.0 cm³/mol. The largest absolute Gasteiger partial charge is 0.310 e. The van der Waals surface area contributed by atoms with Crippen LogP contribution in [0.3, 0.4) is 0 Å². The maximum Gasteiger partial charge on any atom is 0.0174 e. The highest BCUT2D eigenvalue weighted by Gasteiger charge is 2.21. The number of rotatable bonds is 7. The van der Waals surface area contributed by atoms with Gasteiger partial charge in [0.1, 0.15) is 0 Å². The topological polar surface area (TPSA) is 12.0 Å². The maximum atomic E-state index is 3.66. The first kappa shape index (κ1) is 12.3. The van der Waals surface area contributed by atoms with E-state index < -0.39 is 0 Å². The SMILES string of the molecule is CCC(CC)(CC)NCCSC. The number of nitrogens with one attached hydrogen (secondary N) is 1. The lowest BCUT2D eigenvalue weighted by Crippen LogP contribution is -2.44. The highest BCUT2D eigenvalue weighted by atomic mass is 32.2. The Balaban J connectivity index is 3.76. The van der Waals surface area contributed by atoms with Gasteiger partial charge in [0, 0.05) is 17.8 Å². The van der Waals surface area contributed by atoms with E-state index in [1.807, 2.05) is 11.8 Å². The fourth-order valence-corrected chi connectivity index (χ4v) is 1.85. The molecule has 0 aliphatic carbocycles. The summed E-state index contributed by atoms with van der Waals surface area (Å²) in [5, 5.41) is 3.66. The van der Waals surface area contributed by atoms with Crippen LogP contribution in [-0.2, 0) is 0 Å². The van der Waals surface area contributed by atoms with Crippen molar-refractivity contribution in [3.8, 4) is 0 Å². The zero-order valence-corrected chi connectivity index (χ0v) is 9.76. The van der Waals surface area contributed by atoms with Gasteiger partial charge in [-0.1, -0.05) is 20.8 Å². The molecule has 0 aromatic carbocycles. The van der Waals surface area contributed by atoms with Crippen LogP contribution in [0.15, 0.2) is 0 Å². The van der Waals surface area contributed by atoms with E-state index in [1.165, 1.54) is 25.0 Å². The van der Waals surface area contributed by atoms with Gasteiger partial charge >= 0.3 is 0 Å². The lowest BCUT2D eigenvalue weighted by Gasteiger charge is -2.31. The van der Waals surface area contributed by atoms with Crippen LogP contribution in [0.4, 0.5) is 0 Å². The quantitative estimate of drug-likeness (QED) is 0.618. The zero-order chi connectivity index (χ0) is 9.45. The van der Waals surface area contributed by atoms with Gasteiger partial charge in [-0.15, -0.1) is 0 Å². The fourth-order valence-electron chi connectivity index (χ4n) is 1.54. The summed E-state index contributed by atoms with van der Waals surface area (Å²) in [6, 6.07) is 0. The highest BCUT2D eigenvalue weighted by Crippen LogP contribution is 2.18. The lowest BCUT2D eigenvalue weighted by molar-refractivity contribution is 0.298. The molecule has 0 aliphatic heterocycles. The normalized spacial score (nSPS) is 12.0. The molecular weight excluding hydrogens is 166 g/mol. The molecule has 0 atom stereocenters. The maximum absolute atomic E-state index is 3.66. The molecule has 2 heteroatoms. The van der Waals surface area contributed by atoms with E-state index in [0.29, 0.717) is 5.54 Å². The molecule has 0 aliphatic rings. The van der Waals surface area contributed by atoms with E-state index >= 15 is 0 Å². The van der Waals surface area contributed by atoms with Gasteiger partial charge in [0.05, 0.1) is 0 Å². The summed E-state index contributed by atoms with van der Waals surface area (Å²) >= 11 is 1.91. The molecule has 1 N–H and O–H groups in total. The Hall–Kier alpha value is 0.310. The minimum absolute atomic E-state index is 0.412. The molecule has 74 valence electrons. The smallest absolute Gasteiger partial charge is 0.0174 e. The van der Waals surface area contributed by atoms with Gasteiger partial charge in [-0.25, -0.2) is 0 Å². The van der Waals surface area contributed by atoms with Crippen molar-refractivity contribution >= 4 is 11.8 Å². The summed E-state index contributed by atoms with van der Waals surface area (Å²) in [7, 11) is 0. The molecule has 0 unspecified atom stereocenters. The van der Waals surface area contributed by atoms with Crippen LogP contribution in [0, 0.1) is 0 Å². The molecule has 0 bridgehead atoms. The second kappa shape index (κ2) is 6.79. The Morgan fingerprint density at radius 1 is 1.08 bits per heavy atom. The monoisotopic (exact) mass is 189 g/mol. The Bertz CT molecular complexity index is 91.7. The van der Waals surface area contributed by atoms with Crippen LogP contribution in [-0.4, -0.2) is 24.1 Å². The third kappa shape index (κ3) is 3.81. The fraction of sp³-hybridized carbons (Fsp3) is 1.00. The molecule has 0 aromatic heterocycles. The molecule has 0 spiro atoms. The molecule has 1 nitrogen and oxygen atoms in total. The number of thioether (sulfide) groups is 1. The van der Waals surface area contributed by atoms with E-state index in [2.05, 4.69) is 32.3 Å². The standard InChI is InChI=1S/C10H23NS/c1-5-10(6-2,7-3)11-8-9-12-4/h11H,5-9H2,1-4H3. The van der Waals surface area contributed by atoms with Crippen LogP contribution < -0.4 is 5.32 Å². The first-order valence-electron chi connectivity index (χ1n) is 4.98. The van der Waals surface area contributed by atoms with Crippen molar-refractivity contribution in [1.29, 1.82) is 0 Å². The number of hydrogen-bond donors (Lipinski definition) is 1. The lowest BCUT2D eigenvalue weighted by atomic mass is 9.90. The van der Waals surface area contributed by atoms with Gasteiger partial charge in [0.2, 0.25) is 0 Å². The molecule has 12 heavy (non-hydrogen) atoms. The summed E-state index contributed by atoms with van der Waals surface area (Å²) in [6.45, 7) is 7.98. The zero-order valence-electron chi connectivity index (χ0n) is 8.94. The number of hydrogen-bond acceptors (Lipinski definition) is 2. The summed E-state index contributed by atoms with van der Waals surface area (Å²) < 4.78 is 0. The Kier molecular flexibility index (Phi) is 6.96. The van der Waals surface area contributed by atoms with Crippen molar-refractivity contribution in [2.75, 3.05) is 18.6 Å². The van der Waals surface area contributed by atoms with Gasteiger partial charge < -0.3 is 5.32 Å². The van der Waals surface area contributed by atoms with E-state index in [0.717, 1.165) is 6.54 Å². The van der Waals surface area contributed by atoms with Gasteiger partial charge in [0.25, 0.3) is 0 Å². The van der Waals surface area contributed by atoms with Gasteiger partial charge in [-0.05, 0) is 25.5 Å². The molecule has 0 radical (unpaired) electrons. The van der Waals surface area contributed by atoms with Crippen molar-refractivity contribution in [3.63, 3.8) is 0 Å². The molecular formula is C10H23NS. The van der Waals surface area contributed by atoms with E-state index in [9.17, 15) is 0 Å². The Morgan fingerprint density at radius 3 is 1.92 bits per heavy atom. The molecule has 0 saturated heterocycles. The van der Waals surface area contributed by atoms with Crippen molar-refractivity contribution in [3.05, 3.63) is 0 Å². The molecule has 0 saturated carbocycles. The summed E-state index contributed by atoms with van der Waals surface area (Å²) in [5.74, 6) is 1.22. The van der Waals surface area contributed by atoms with Gasteiger partial charge in [0.15, 0.2) is 0 Å². The average Bonchev–Trinajstić information content (AvgIpc) is 2.14. The van der Waals surface area contributed by atoms with Crippen molar-refractivity contribution in [2.24, 2.45) is 0 Å². The molecule has 0 fully saturated rings. The van der Waals surface area contributed by atoms with Crippen molar-refractivity contribution in [2.45, 2.75) is 45.6 Å². The van der Waals surface area contributed by atoms with Crippen molar-refractivity contribution < 1.29 is 0 Å². The minimum atomic E-state index is 0.412. The van der Waals surface area contributed by atoms with Crippen LogP contribution in [0.1, 0.15) is 40.0 Å². The first-order chi connectivity index (χ1) is 5.74. The van der Waals surface area contributed by atoms with Crippen LogP contribution >= 0.6 is 11.8 Å². The van der Waals surface area contributed by atoms with Crippen LogP contribution in [0.25, 0.3) is 0 Å². The summed E-state index contributed by atoms with van der Waals surface area (Å²) in [5.41, 5.74) is 0.412. The van der Waals surface area contributed by atoms with Crippen LogP contribution in [0.2, 0.25) is 0 Å². The average molecular weight is 189 g/mol. The predicted octanol–water partition coefficient (Wildman–Crippen LogP) is 2.91. The molecule has 0 heterocycles. The second-order valence-electron chi connectivity index (χ2n) is 3.26. The van der Waals surface area contributed by atoms with Gasteiger partial charge in [-0.2, -0.15) is 11.8 Å². The summed E-state index contributed by atoms with van der Waals surface area (Å²) in [4.78, 5) is 0. The van der Waals surface area contributed by atoms with Crippen molar-refractivity contribution in [1.82, 2.24) is 5.32 Å². The second-order valence-corrected chi connectivity index (χ2v) is 4.25. The van der Waals surface area contributed by atoms with E-state index in [1.54, 1.807) is 0 Å². The third-order valence-corrected chi connectivity index (χ3v) is 3.45.